The molecule has 2 atom stereocenters. The van der Waals surface area contributed by atoms with Gasteiger partial charge in [-0.25, -0.2) is 0 Å². The van der Waals surface area contributed by atoms with Gasteiger partial charge in [0.05, 0.1) is 12.9 Å². The molecule has 0 bridgehead atoms. The number of carbonyl (C=O) groups excluding carboxylic acids is 1. The van der Waals surface area contributed by atoms with Gasteiger partial charge < -0.3 is 14.8 Å². The maximum Gasteiger partial charge on any atom is 0.387 e. The van der Waals surface area contributed by atoms with E-state index in [-0.39, 0.29) is 23.4 Å². The van der Waals surface area contributed by atoms with E-state index in [1.807, 2.05) is 0 Å². The zero-order chi connectivity index (χ0) is 18.2. The normalized spacial score (nSPS) is 20.4. The van der Waals surface area contributed by atoms with Gasteiger partial charge in [-0.1, -0.05) is 25.8 Å². The average Bonchev–Trinajstić information content (AvgIpc) is 2.57. The van der Waals surface area contributed by atoms with Gasteiger partial charge >= 0.3 is 6.61 Å². The molecule has 2 rings (SSSR count). The lowest BCUT2D eigenvalue weighted by Crippen LogP contribution is -2.41. The summed E-state index contributed by atoms with van der Waals surface area (Å²) in [5, 5.41) is 3.12. The molecule has 0 aliphatic heterocycles. The number of carbonyl (C=O) groups is 1. The predicted molar refractivity (Wildman–Crippen MR) is 95.4 cm³/mol. The largest absolute Gasteiger partial charge is 0.493 e. The Kier molecular flexibility index (Phi) is 7.81. The molecule has 0 unspecified atom stereocenters. The quantitative estimate of drug-likeness (QED) is 0.741. The summed E-state index contributed by atoms with van der Waals surface area (Å²) in [6, 6.07) is 5.11. The molecule has 7 heteroatoms. The molecule has 0 heterocycles. The molecule has 1 aliphatic carbocycles. The van der Waals surface area contributed by atoms with Crippen molar-refractivity contribution in [3.05, 3.63) is 23.8 Å². The number of rotatable bonds is 8. The van der Waals surface area contributed by atoms with Gasteiger partial charge in [-0.3, -0.25) is 4.79 Å². The van der Waals surface area contributed by atoms with Crippen molar-refractivity contribution < 1.29 is 23.0 Å². The molecule has 0 aromatic heterocycles. The number of hydrogen-bond donors (Lipinski definition) is 1. The Hall–Kier alpha value is -1.50. The molecule has 140 valence electrons. The zero-order valence-corrected chi connectivity index (χ0v) is 15.4. The van der Waals surface area contributed by atoms with Crippen LogP contribution in [0.2, 0.25) is 0 Å². The second-order valence-corrected chi connectivity index (χ2v) is 7.28. The van der Waals surface area contributed by atoms with E-state index >= 15 is 0 Å². The molecule has 0 radical (unpaired) electrons. The topological polar surface area (TPSA) is 47.6 Å². The van der Waals surface area contributed by atoms with Gasteiger partial charge in [0, 0.05) is 11.8 Å². The minimum atomic E-state index is -2.89. The number of alkyl halides is 2. The summed E-state index contributed by atoms with van der Waals surface area (Å²) in [5.74, 6) is 1.83. The lowest BCUT2D eigenvalue weighted by Gasteiger charge is -2.29. The van der Waals surface area contributed by atoms with E-state index in [9.17, 15) is 13.6 Å². The smallest absolute Gasteiger partial charge is 0.387 e. The van der Waals surface area contributed by atoms with Gasteiger partial charge in [-0.15, -0.1) is 11.8 Å². The van der Waals surface area contributed by atoms with Crippen LogP contribution in [0.25, 0.3) is 0 Å². The molecule has 1 N–H and O–H groups in total. The van der Waals surface area contributed by atoms with Crippen molar-refractivity contribution in [2.75, 3.05) is 12.9 Å². The van der Waals surface area contributed by atoms with E-state index in [1.165, 1.54) is 44.2 Å². The van der Waals surface area contributed by atoms with Crippen molar-refractivity contribution in [3.8, 4) is 11.5 Å². The zero-order valence-electron chi connectivity index (χ0n) is 14.6. The molecule has 0 saturated heterocycles. The summed E-state index contributed by atoms with van der Waals surface area (Å²) < 4.78 is 34.1. The highest BCUT2D eigenvalue weighted by Crippen LogP contribution is 2.30. The van der Waals surface area contributed by atoms with Crippen molar-refractivity contribution in [2.45, 2.75) is 51.0 Å². The van der Waals surface area contributed by atoms with Crippen LogP contribution in [0.5, 0.6) is 11.5 Å². The Morgan fingerprint density at radius 2 is 2.08 bits per heavy atom. The summed E-state index contributed by atoms with van der Waals surface area (Å²) in [6.45, 7) is -0.702. The third-order valence-corrected chi connectivity index (χ3v) is 5.41. The second-order valence-electron chi connectivity index (χ2n) is 6.29. The lowest BCUT2D eigenvalue weighted by atomic mass is 9.86. The van der Waals surface area contributed by atoms with E-state index in [4.69, 9.17) is 4.74 Å². The molecular weight excluding hydrogens is 348 g/mol. The van der Waals surface area contributed by atoms with Crippen LogP contribution in [0, 0.1) is 5.92 Å². The monoisotopic (exact) mass is 373 g/mol. The van der Waals surface area contributed by atoms with E-state index in [0.717, 1.165) is 12.0 Å². The minimum Gasteiger partial charge on any atom is -0.493 e. The van der Waals surface area contributed by atoms with Gasteiger partial charge in [0.2, 0.25) is 5.91 Å². The Morgan fingerprint density at radius 1 is 1.32 bits per heavy atom. The number of thioether (sulfide) groups is 1. The Balaban J connectivity index is 1.79. The van der Waals surface area contributed by atoms with Gasteiger partial charge in [-0.2, -0.15) is 8.78 Å². The van der Waals surface area contributed by atoms with Gasteiger partial charge in [-0.05, 0) is 36.5 Å². The summed E-state index contributed by atoms with van der Waals surface area (Å²) in [5.41, 5.74) is 0.891. The summed E-state index contributed by atoms with van der Waals surface area (Å²) in [6.07, 6.45) is 4.65. The van der Waals surface area contributed by atoms with Crippen molar-refractivity contribution in [2.24, 2.45) is 5.92 Å². The predicted octanol–water partition coefficient (Wildman–Crippen LogP) is 4.22. The van der Waals surface area contributed by atoms with Crippen LogP contribution < -0.4 is 14.8 Å². The van der Waals surface area contributed by atoms with E-state index < -0.39 is 6.61 Å². The van der Waals surface area contributed by atoms with Crippen LogP contribution >= 0.6 is 11.8 Å². The van der Waals surface area contributed by atoms with E-state index in [2.05, 4.69) is 17.0 Å². The third-order valence-electron chi connectivity index (χ3n) is 4.40. The Bertz CT molecular complexity index is 571. The number of methoxy groups -OCH3 is 1. The first-order chi connectivity index (χ1) is 12.0. The Labute approximate surface area is 151 Å². The molecular formula is C18H25F2NO3S. The van der Waals surface area contributed by atoms with Gasteiger partial charge in [0.25, 0.3) is 0 Å². The molecule has 4 nitrogen and oxygen atoms in total. The first kappa shape index (κ1) is 19.8. The fourth-order valence-electron chi connectivity index (χ4n) is 3.04. The molecule has 1 amide bonds. The number of halogens is 2. The fourth-order valence-corrected chi connectivity index (χ4v) is 3.82. The number of ether oxygens (including phenoxy) is 2. The van der Waals surface area contributed by atoms with Crippen molar-refractivity contribution in [3.63, 3.8) is 0 Å². The summed E-state index contributed by atoms with van der Waals surface area (Å²) >= 11 is 1.49. The van der Waals surface area contributed by atoms with Crippen molar-refractivity contribution in [1.82, 2.24) is 5.32 Å². The fraction of sp³-hybridized carbons (Fsp3) is 0.611. The maximum atomic E-state index is 12.3. The van der Waals surface area contributed by atoms with E-state index in [0.29, 0.717) is 17.4 Å². The standard InChI is InChI=1S/C18H25F2NO3S/c1-12-5-3-4-6-14(12)21-17(22)11-25-10-13-7-8-15(24-18(19)20)16(9-13)23-2/h7-9,12,14,18H,3-6,10-11H2,1-2H3,(H,21,22)/t12-,14+/m1/s1. The SMILES string of the molecule is COc1cc(CSCC(=O)N[C@H]2CCCC[C@H]2C)ccc1OC(F)F. The molecule has 1 aromatic rings. The van der Waals surface area contributed by atoms with Crippen molar-refractivity contribution >= 4 is 17.7 Å². The van der Waals surface area contributed by atoms with Crippen LogP contribution in [0.3, 0.4) is 0 Å². The highest BCUT2D eigenvalue weighted by atomic mass is 32.2. The molecule has 25 heavy (non-hydrogen) atoms. The summed E-state index contributed by atoms with van der Waals surface area (Å²) in [7, 11) is 1.41. The Morgan fingerprint density at radius 3 is 2.76 bits per heavy atom. The minimum absolute atomic E-state index is 0.00952. The van der Waals surface area contributed by atoms with Gasteiger partial charge in [0.15, 0.2) is 11.5 Å². The molecule has 1 saturated carbocycles. The highest BCUT2D eigenvalue weighted by Gasteiger charge is 2.22. The van der Waals surface area contributed by atoms with Gasteiger partial charge in [0.1, 0.15) is 0 Å². The van der Waals surface area contributed by atoms with Crippen LogP contribution in [0.1, 0.15) is 38.2 Å². The third kappa shape index (κ3) is 6.38. The molecule has 1 fully saturated rings. The van der Waals surface area contributed by atoms with Crippen molar-refractivity contribution in [1.29, 1.82) is 0 Å². The number of nitrogens with one attached hydrogen (secondary N) is 1. The average molecular weight is 373 g/mol. The van der Waals surface area contributed by atoms with Crippen LogP contribution in [-0.2, 0) is 10.5 Å². The van der Waals surface area contributed by atoms with Crippen LogP contribution in [0.4, 0.5) is 8.78 Å². The maximum absolute atomic E-state index is 12.3. The van der Waals surface area contributed by atoms with Crippen LogP contribution in [0.15, 0.2) is 18.2 Å². The molecule has 1 aliphatic rings. The number of amides is 1. The van der Waals surface area contributed by atoms with E-state index in [1.54, 1.807) is 12.1 Å². The highest BCUT2D eigenvalue weighted by molar-refractivity contribution is 7.99. The summed E-state index contributed by atoms with van der Waals surface area (Å²) in [4.78, 5) is 12.1. The molecule has 0 spiro atoms. The first-order valence-electron chi connectivity index (χ1n) is 8.48. The molecule has 1 aromatic carbocycles. The van der Waals surface area contributed by atoms with Crippen LogP contribution in [-0.4, -0.2) is 31.4 Å². The second kappa shape index (κ2) is 9.85. The first-order valence-corrected chi connectivity index (χ1v) is 9.64. The number of benzene rings is 1. The number of hydrogen-bond acceptors (Lipinski definition) is 4. The lowest BCUT2D eigenvalue weighted by molar-refractivity contribution is -0.119.